The zero-order valence-electron chi connectivity index (χ0n) is 11.4. The second-order valence-electron chi connectivity index (χ2n) is 4.89. The Bertz CT molecular complexity index is 599. The van der Waals surface area contributed by atoms with E-state index in [4.69, 9.17) is 4.99 Å². The molecule has 111 valence electrons. The first-order valence-corrected chi connectivity index (χ1v) is 10.7. The van der Waals surface area contributed by atoms with Gasteiger partial charge in [0.25, 0.3) is 0 Å². The normalized spacial score (nSPS) is 27.0. The average molecular weight is 339 g/mol. The smallest absolute Gasteiger partial charge is 0.321 e. The molecule has 0 bridgehead atoms. The van der Waals surface area contributed by atoms with E-state index < -0.39 is 20.1 Å². The monoisotopic (exact) mass is 339 g/mol. The van der Waals surface area contributed by atoms with E-state index in [1.807, 2.05) is 23.7 Å². The van der Waals surface area contributed by atoms with Gasteiger partial charge in [-0.25, -0.2) is 0 Å². The number of benzene rings is 1. The van der Waals surface area contributed by atoms with Gasteiger partial charge in [-0.1, -0.05) is 12.1 Å². The second kappa shape index (κ2) is 6.03. The van der Waals surface area contributed by atoms with E-state index in [0.717, 1.165) is 16.4 Å². The Labute approximate surface area is 132 Å². The Balaban J connectivity index is 1.78. The van der Waals surface area contributed by atoms with Gasteiger partial charge < -0.3 is 14.8 Å². The molecule has 1 fully saturated rings. The SMILES string of the molecule is CN1[C@@H](C(=O)O)CS[Si]1C1CSC(c2ccccc2O)=N1. The summed E-state index contributed by atoms with van der Waals surface area (Å²) >= 11 is 3.39. The van der Waals surface area contributed by atoms with Crippen molar-refractivity contribution < 1.29 is 15.0 Å². The molecule has 2 aliphatic heterocycles. The van der Waals surface area contributed by atoms with Gasteiger partial charge in [-0.3, -0.25) is 9.79 Å². The van der Waals surface area contributed by atoms with Crippen LogP contribution in [0.2, 0.25) is 0 Å². The summed E-state index contributed by atoms with van der Waals surface area (Å²) < 4.78 is 2.00. The van der Waals surface area contributed by atoms with Gasteiger partial charge in [0.15, 0.2) is 0 Å². The molecule has 1 unspecified atom stereocenters. The molecule has 0 saturated carbocycles. The maximum absolute atomic E-state index is 11.2. The number of thioether (sulfide) groups is 1. The summed E-state index contributed by atoms with van der Waals surface area (Å²) in [5.41, 5.74) is 0.932. The topological polar surface area (TPSA) is 73.1 Å². The quantitative estimate of drug-likeness (QED) is 0.811. The van der Waals surface area contributed by atoms with Gasteiger partial charge in [-0.2, -0.15) is 11.2 Å². The molecule has 0 aromatic heterocycles. The number of phenols is 1. The van der Waals surface area contributed by atoms with Gasteiger partial charge in [0.1, 0.15) is 16.8 Å². The number of likely N-dealkylation sites (N-methyl/N-ethyl adjacent to an activating group) is 1. The summed E-state index contributed by atoms with van der Waals surface area (Å²) in [6, 6.07) is 6.82. The molecule has 2 aliphatic rings. The fourth-order valence-electron chi connectivity index (χ4n) is 2.40. The van der Waals surface area contributed by atoms with Crippen LogP contribution in [0.1, 0.15) is 5.56 Å². The fourth-order valence-corrected chi connectivity index (χ4v) is 10.0. The van der Waals surface area contributed by atoms with E-state index in [1.165, 1.54) is 0 Å². The van der Waals surface area contributed by atoms with Gasteiger partial charge in [0.05, 0.1) is 5.67 Å². The maximum atomic E-state index is 11.2. The molecule has 1 aromatic carbocycles. The minimum absolute atomic E-state index is 0.161. The number of carbonyl (C=O) groups is 1. The van der Waals surface area contributed by atoms with Crippen LogP contribution in [0.3, 0.4) is 0 Å². The first-order valence-electron chi connectivity index (χ1n) is 6.52. The first kappa shape index (κ1) is 15.0. The van der Waals surface area contributed by atoms with E-state index in [-0.39, 0.29) is 11.4 Å². The molecule has 21 heavy (non-hydrogen) atoms. The zero-order chi connectivity index (χ0) is 15.0. The third-order valence-corrected chi connectivity index (χ3v) is 10.7. The molecule has 1 radical (unpaired) electrons. The molecule has 3 rings (SSSR count). The molecule has 2 N–H and O–H groups in total. The number of rotatable bonds is 3. The van der Waals surface area contributed by atoms with Crippen molar-refractivity contribution >= 4 is 42.1 Å². The average Bonchev–Trinajstić information content (AvgIpc) is 3.05. The van der Waals surface area contributed by atoms with Crippen molar-refractivity contribution in [2.45, 2.75) is 11.7 Å². The zero-order valence-corrected chi connectivity index (χ0v) is 14.0. The van der Waals surface area contributed by atoms with Crippen LogP contribution in [0.15, 0.2) is 29.3 Å². The number of aliphatic imine (C=N–C) groups is 1. The molecule has 2 heterocycles. The van der Waals surface area contributed by atoms with Crippen molar-refractivity contribution in [3.63, 3.8) is 0 Å². The molecule has 1 saturated heterocycles. The number of aromatic hydroxyl groups is 1. The Morgan fingerprint density at radius 2 is 2.19 bits per heavy atom. The molecule has 0 aliphatic carbocycles. The first-order chi connectivity index (χ1) is 10.1. The summed E-state index contributed by atoms with van der Waals surface area (Å²) in [7, 11) is 0.861. The number of phenolic OH excluding ortho intramolecular Hbond substituents is 1. The Morgan fingerprint density at radius 1 is 1.43 bits per heavy atom. The Kier molecular flexibility index (Phi) is 4.30. The number of hydrogen-bond acceptors (Lipinski definition) is 6. The van der Waals surface area contributed by atoms with Crippen LogP contribution in [-0.2, 0) is 4.79 Å². The summed E-state index contributed by atoms with van der Waals surface area (Å²) in [4.78, 5) is 15.9. The van der Waals surface area contributed by atoms with Gasteiger partial charge in [-0.05, 0) is 19.2 Å². The maximum Gasteiger partial charge on any atom is 0.321 e. The van der Waals surface area contributed by atoms with Gasteiger partial charge in [-0.15, -0.1) is 11.8 Å². The molecule has 8 heteroatoms. The van der Waals surface area contributed by atoms with Crippen LogP contribution in [0, 0.1) is 0 Å². The van der Waals surface area contributed by atoms with Crippen LogP contribution < -0.4 is 0 Å². The lowest BCUT2D eigenvalue weighted by Gasteiger charge is -2.22. The number of carboxylic acids is 1. The van der Waals surface area contributed by atoms with Crippen LogP contribution in [0.25, 0.3) is 0 Å². The van der Waals surface area contributed by atoms with Gasteiger partial charge in [0, 0.05) is 17.1 Å². The number of para-hydroxylation sites is 1. The predicted octanol–water partition coefficient (Wildman–Crippen LogP) is 1.41. The molecule has 1 aromatic rings. The highest BCUT2D eigenvalue weighted by Crippen LogP contribution is 2.35. The van der Waals surface area contributed by atoms with Crippen molar-refractivity contribution in [3.8, 4) is 5.75 Å². The number of aliphatic carboxylic acids is 1. The summed E-state index contributed by atoms with van der Waals surface area (Å²) in [5.74, 6) is 1.00. The third kappa shape index (κ3) is 2.85. The molecule has 5 nitrogen and oxygen atoms in total. The minimum Gasteiger partial charge on any atom is -0.507 e. The van der Waals surface area contributed by atoms with Crippen molar-refractivity contribution in [1.82, 2.24) is 4.57 Å². The lowest BCUT2D eigenvalue weighted by molar-refractivity contribution is -0.140. The summed E-state index contributed by atoms with van der Waals surface area (Å²) in [6.07, 6.45) is 0. The standard InChI is InChI=1S/C13H15N2O3S2Si/c1-15-9(13(17)18)6-20-21(15)11-7-19-12(14-11)8-4-2-3-5-10(8)16/h2-5,9,11,16H,6-7H2,1H3,(H,17,18)/t9-,11?/m1/s1. The molecular weight excluding hydrogens is 324 g/mol. The van der Waals surface area contributed by atoms with Crippen molar-refractivity contribution in [2.75, 3.05) is 18.6 Å². The molecular formula is C13H15N2O3S2Si. The highest BCUT2D eigenvalue weighted by atomic mass is 32.4. The van der Waals surface area contributed by atoms with Crippen LogP contribution >= 0.6 is 23.0 Å². The summed E-state index contributed by atoms with van der Waals surface area (Å²) in [5, 5.41) is 20.0. The Morgan fingerprint density at radius 3 is 2.86 bits per heavy atom. The predicted molar refractivity (Wildman–Crippen MR) is 88.3 cm³/mol. The molecule has 0 spiro atoms. The van der Waals surface area contributed by atoms with Crippen molar-refractivity contribution in [1.29, 1.82) is 0 Å². The largest absolute Gasteiger partial charge is 0.507 e. The van der Waals surface area contributed by atoms with Gasteiger partial charge in [0.2, 0.25) is 8.11 Å². The number of hydrogen-bond donors (Lipinski definition) is 2. The summed E-state index contributed by atoms with van der Waals surface area (Å²) in [6.45, 7) is 0. The lowest BCUT2D eigenvalue weighted by atomic mass is 10.2. The fraction of sp³-hybridized carbons (Fsp3) is 0.385. The van der Waals surface area contributed by atoms with E-state index in [1.54, 1.807) is 35.1 Å². The molecule has 2 atom stereocenters. The van der Waals surface area contributed by atoms with E-state index in [9.17, 15) is 15.0 Å². The van der Waals surface area contributed by atoms with Crippen LogP contribution in [0.5, 0.6) is 5.75 Å². The lowest BCUT2D eigenvalue weighted by Crippen LogP contribution is -2.46. The molecule has 0 amide bonds. The highest BCUT2D eigenvalue weighted by molar-refractivity contribution is 8.26. The van der Waals surface area contributed by atoms with Gasteiger partial charge >= 0.3 is 5.97 Å². The van der Waals surface area contributed by atoms with E-state index in [0.29, 0.717) is 5.75 Å². The number of nitrogens with zero attached hydrogens (tertiary/aromatic N) is 2. The van der Waals surface area contributed by atoms with Crippen LogP contribution in [0.4, 0.5) is 0 Å². The van der Waals surface area contributed by atoms with Crippen molar-refractivity contribution in [2.24, 2.45) is 4.99 Å². The second-order valence-corrected chi connectivity index (χ2v) is 10.7. The Hall–Kier alpha value is -0.963. The van der Waals surface area contributed by atoms with Crippen LogP contribution in [-0.4, -0.2) is 64.2 Å². The van der Waals surface area contributed by atoms with E-state index in [2.05, 4.69) is 0 Å². The highest BCUT2D eigenvalue weighted by Gasteiger charge is 2.43. The van der Waals surface area contributed by atoms with E-state index >= 15 is 0 Å². The van der Waals surface area contributed by atoms with Crippen molar-refractivity contribution in [3.05, 3.63) is 29.8 Å². The number of carboxylic acid groups (broad SMARTS) is 1. The third-order valence-electron chi connectivity index (χ3n) is 3.56. The minimum atomic E-state index is -1.03.